The van der Waals surface area contributed by atoms with Crippen molar-refractivity contribution < 1.29 is 9.53 Å². The van der Waals surface area contributed by atoms with Gasteiger partial charge in [0.05, 0.1) is 21.8 Å². The number of hydrogen-bond acceptors (Lipinski definition) is 5. The van der Waals surface area contributed by atoms with Gasteiger partial charge in [-0.2, -0.15) is 0 Å². The molecule has 6 nitrogen and oxygen atoms in total. The fourth-order valence-electron chi connectivity index (χ4n) is 4.98. The van der Waals surface area contributed by atoms with Gasteiger partial charge >= 0.3 is 0 Å². The zero-order valence-corrected chi connectivity index (χ0v) is 26.3. The molecule has 2 heterocycles. The van der Waals surface area contributed by atoms with Gasteiger partial charge < -0.3 is 10.1 Å². The van der Waals surface area contributed by atoms with Crippen LogP contribution < -0.4 is 24.9 Å². The molecule has 0 fully saturated rings. The third-order valence-electron chi connectivity index (χ3n) is 7.03. The number of hydrogen-bond donors (Lipinski definition) is 1. The molecule has 44 heavy (non-hydrogen) atoms. The average molecular weight is 661 g/mol. The molecule has 4 aromatic carbocycles. The maximum absolute atomic E-state index is 14.1. The van der Waals surface area contributed by atoms with Crippen molar-refractivity contribution in [2.24, 2.45) is 4.99 Å². The molecule has 6 rings (SSSR count). The molecule has 220 valence electrons. The summed E-state index contributed by atoms with van der Waals surface area (Å²) in [5.74, 6) is 0.201. The number of thiazole rings is 1. The van der Waals surface area contributed by atoms with E-state index in [1.54, 1.807) is 66.1 Å². The maximum atomic E-state index is 14.1. The first-order valence-corrected chi connectivity index (χ1v) is 15.5. The number of nitrogens with zero attached hydrogens (tertiary/aromatic N) is 2. The summed E-state index contributed by atoms with van der Waals surface area (Å²) < 4.78 is 8.09. The molecule has 5 aromatic rings. The van der Waals surface area contributed by atoms with E-state index in [2.05, 4.69) is 5.32 Å². The van der Waals surface area contributed by atoms with Gasteiger partial charge in [-0.3, -0.25) is 14.2 Å². The molecule has 0 aliphatic carbocycles. The zero-order valence-electron chi connectivity index (χ0n) is 23.3. The lowest BCUT2D eigenvalue weighted by Crippen LogP contribution is -2.40. The van der Waals surface area contributed by atoms with Crippen molar-refractivity contribution in [2.75, 3.05) is 5.32 Å². The number of carbonyl (C=O) groups excluding carboxylic acids is 1. The smallest absolute Gasteiger partial charge is 0.271 e. The van der Waals surface area contributed by atoms with E-state index in [1.807, 2.05) is 48.5 Å². The summed E-state index contributed by atoms with van der Waals surface area (Å²) in [5, 5.41) is 4.61. The summed E-state index contributed by atoms with van der Waals surface area (Å²) >= 11 is 19.9. The fraction of sp³-hybridized carbons (Fsp3) is 0.0882. The molecule has 1 amide bonds. The number of benzene rings is 4. The Morgan fingerprint density at radius 2 is 1.66 bits per heavy atom. The molecular formula is C34H24Cl3N3O3S. The number of anilines is 1. The first kappa shape index (κ1) is 29.9. The minimum absolute atomic E-state index is 0.278. The van der Waals surface area contributed by atoms with Gasteiger partial charge in [-0.25, -0.2) is 4.99 Å². The summed E-state index contributed by atoms with van der Waals surface area (Å²) in [4.78, 5) is 33.0. The van der Waals surface area contributed by atoms with Crippen molar-refractivity contribution in [3.63, 3.8) is 0 Å². The van der Waals surface area contributed by atoms with E-state index in [0.29, 0.717) is 52.7 Å². The molecule has 0 bridgehead atoms. The monoisotopic (exact) mass is 659 g/mol. The molecule has 1 aromatic heterocycles. The normalized spacial score (nSPS) is 14.6. The topological polar surface area (TPSA) is 72.7 Å². The number of fused-ring (bicyclic) bond motifs is 1. The van der Waals surface area contributed by atoms with E-state index in [0.717, 1.165) is 11.1 Å². The molecule has 0 saturated carbocycles. The molecule has 0 unspecified atom stereocenters. The Morgan fingerprint density at radius 1 is 0.932 bits per heavy atom. The molecule has 1 aliphatic heterocycles. The Labute approximate surface area is 272 Å². The predicted molar refractivity (Wildman–Crippen MR) is 178 cm³/mol. The van der Waals surface area contributed by atoms with Crippen molar-refractivity contribution in [3.8, 4) is 5.75 Å². The minimum Gasteiger partial charge on any atom is -0.488 e. The van der Waals surface area contributed by atoms with Crippen LogP contribution in [0.3, 0.4) is 0 Å². The molecule has 1 N–H and O–H groups in total. The van der Waals surface area contributed by atoms with E-state index in [1.165, 1.54) is 11.3 Å². The van der Waals surface area contributed by atoms with E-state index >= 15 is 0 Å². The van der Waals surface area contributed by atoms with Gasteiger partial charge in [0.1, 0.15) is 12.4 Å². The molecule has 0 spiro atoms. The number of aromatic nitrogens is 1. The lowest BCUT2D eigenvalue weighted by molar-refractivity contribution is -0.113. The first-order valence-electron chi connectivity index (χ1n) is 13.6. The number of amides is 1. The van der Waals surface area contributed by atoms with Gasteiger partial charge in [0.2, 0.25) is 0 Å². The van der Waals surface area contributed by atoms with Crippen LogP contribution in [0, 0.1) is 0 Å². The Hall–Kier alpha value is -4.14. The van der Waals surface area contributed by atoms with Crippen molar-refractivity contribution >= 4 is 63.8 Å². The third-order valence-corrected chi connectivity index (χ3v) is 8.73. The van der Waals surface area contributed by atoms with Crippen LogP contribution in [0.5, 0.6) is 5.75 Å². The van der Waals surface area contributed by atoms with Crippen molar-refractivity contribution in [2.45, 2.75) is 19.6 Å². The van der Waals surface area contributed by atoms with Crippen molar-refractivity contribution in [3.05, 3.63) is 160 Å². The molecule has 1 aliphatic rings. The Morgan fingerprint density at radius 3 is 2.41 bits per heavy atom. The van der Waals surface area contributed by atoms with Crippen molar-refractivity contribution in [1.29, 1.82) is 0 Å². The predicted octanol–water partition coefficient (Wildman–Crippen LogP) is 7.41. The van der Waals surface area contributed by atoms with Gasteiger partial charge in [-0.05, 0) is 78.7 Å². The highest BCUT2D eigenvalue weighted by Crippen LogP contribution is 2.32. The Bertz CT molecular complexity index is 2090. The van der Waals surface area contributed by atoms with Crippen molar-refractivity contribution in [1.82, 2.24) is 4.57 Å². The van der Waals surface area contributed by atoms with Crippen LogP contribution in [0.1, 0.15) is 29.7 Å². The Balaban J connectivity index is 1.44. The first-order chi connectivity index (χ1) is 21.3. The summed E-state index contributed by atoms with van der Waals surface area (Å²) in [5.41, 5.74) is 3.47. The number of allylic oxidation sites excluding steroid dienone is 1. The number of carbonyl (C=O) groups is 1. The molecule has 1 atom stereocenters. The van der Waals surface area contributed by atoms with Crippen LogP contribution in [0.15, 0.2) is 118 Å². The highest BCUT2D eigenvalue weighted by molar-refractivity contribution is 7.07. The number of nitrogens with one attached hydrogen (secondary N) is 1. The molecule has 0 saturated heterocycles. The van der Waals surface area contributed by atoms with Crippen LogP contribution in [-0.4, -0.2) is 10.5 Å². The standard InChI is InChI=1S/C34H24Cl3N3O3S/c1-20-30(32(41)39-27-8-3-2-4-9-27)31(22-10-12-24(35)13-11-22)40-33(42)29(44-34(40)38-20)18-23-17-26(37)14-15-28(23)43-19-21-6-5-7-25(36)16-21/h2-18,31H,19H2,1H3,(H,39,41)/b29-18-/t31-/m0/s1. The third kappa shape index (κ3) is 6.37. The number of rotatable bonds is 7. The lowest BCUT2D eigenvalue weighted by atomic mass is 9.95. The quantitative estimate of drug-likeness (QED) is 0.198. The van der Waals surface area contributed by atoms with Crippen LogP contribution in [0.4, 0.5) is 5.69 Å². The number of ether oxygens (including phenoxy) is 1. The molecule has 10 heteroatoms. The highest BCUT2D eigenvalue weighted by Gasteiger charge is 2.32. The number of para-hydroxylation sites is 1. The van der Waals surface area contributed by atoms with Crippen LogP contribution in [0.25, 0.3) is 6.08 Å². The van der Waals surface area contributed by atoms with Crippen LogP contribution in [-0.2, 0) is 11.4 Å². The average Bonchev–Trinajstić information content (AvgIpc) is 3.31. The summed E-state index contributed by atoms with van der Waals surface area (Å²) in [6, 6.07) is 28.2. The van der Waals surface area contributed by atoms with E-state index in [4.69, 9.17) is 44.5 Å². The van der Waals surface area contributed by atoms with Crippen LogP contribution in [0.2, 0.25) is 15.1 Å². The Kier molecular flexibility index (Phi) is 8.73. The summed E-state index contributed by atoms with van der Waals surface area (Å²) in [6.07, 6.45) is 1.74. The van der Waals surface area contributed by atoms with Gasteiger partial charge in [0.15, 0.2) is 4.80 Å². The second-order valence-corrected chi connectivity index (χ2v) is 12.4. The minimum atomic E-state index is -0.729. The maximum Gasteiger partial charge on any atom is 0.271 e. The molecular weight excluding hydrogens is 637 g/mol. The summed E-state index contributed by atoms with van der Waals surface area (Å²) in [6.45, 7) is 2.05. The SMILES string of the molecule is CC1=C(C(=O)Nc2ccccc2)[C@H](c2ccc(Cl)cc2)n2c(s/c(=C\c3cc(Cl)ccc3OCc3cccc(Cl)c3)c2=O)=N1. The summed E-state index contributed by atoms with van der Waals surface area (Å²) in [7, 11) is 0. The second-order valence-electron chi connectivity index (χ2n) is 10.1. The molecule has 0 radical (unpaired) electrons. The highest BCUT2D eigenvalue weighted by atomic mass is 35.5. The second kappa shape index (κ2) is 12.8. The van der Waals surface area contributed by atoms with E-state index in [-0.39, 0.29) is 18.1 Å². The van der Waals surface area contributed by atoms with E-state index in [9.17, 15) is 9.59 Å². The van der Waals surface area contributed by atoms with Gasteiger partial charge in [-0.15, -0.1) is 0 Å². The van der Waals surface area contributed by atoms with Gasteiger partial charge in [-0.1, -0.05) is 88.6 Å². The lowest BCUT2D eigenvalue weighted by Gasteiger charge is -2.25. The van der Waals surface area contributed by atoms with Crippen LogP contribution >= 0.6 is 46.1 Å². The zero-order chi connectivity index (χ0) is 30.8. The van der Waals surface area contributed by atoms with Gasteiger partial charge in [0.25, 0.3) is 11.5 Å². The van der Waals surface area contributed by atoms with E-state index < -0.39 is 6.04 Å². The largest absolute Gasteiger partial charge is 0.488 e. The fourth-order valence-corrected chi connectivity index (χ4v) is 6.54. The number of halogens is 3. The van der Waals surface area contributed by atoms with Gasteiger partial charge in [0, 0.05) is 26.3 Å².